The molecule has 1 amide bonds. The zero-order valence-electron chi connectivity index (χ0n) is 19.8. The van der Waals surface area contributed by atoms with Gasteiger partial charge < -0.3 is 19.5 Å². The van der Waals surface area contributed by atoms with Crippen LogP contribution < -0.4 is 4.74 Å². The topological polar surface area (TPSA) is 120 Å². The van der Waals surface area contributed by atoms with Crippen molar-refractivity contribution in [2.24, 2.45) is 13.0 Å². The summed E-state index contributed by atoms with van der Waals surface area (Å²) in [6, 6.07) is 0. The van der Waals surface area contributed by atoms with Gasteiger partial charge in [0.15, 0.2) is 11.6 Å². The van der Waals surface area contributed by atoms with Crippen LogP contribution in [-0.2, 0) is 29.6 Å². The van der Waals surface area contributed by atoms with Gasteiger partial charge in [-0.3, -0.25) is 9.48 Å². The first-order valence-corrected chi connectivity index (χ1v) is 11.5. The Morgan fingerprint density at radius 1 is 1.27 bits per heavy atom. The number of aromatic nitrogens is 4. The highest BCUT2D eigenvalue weighted by atomic mass is 16.6. The molecule has 33 heavy (non-hydrogen) atoms. The molecule has 1 N–H and O–H groups in total. The number of aliphatic carboxylic acids is 1. The lowest BCUT2D eigenvalue weighted by atomic mass is 9.87. The van der Waals surface area contributed by atoms with Crippen LogP contribution in [0.2, 0.25) is 0 Å². The molecule has 1 fully saturated rings. The first-order valence-electron chi connectivity index (χ1n) is 11.5. The lowest BCUT2D eigenvalue weighted by Gasteiger charge is -2.27. The van der Waals surface area contributed by atoms with Crippen molar-refractivity contribution in [1.82, 2.24) is 24.6 Å². The Balaban J connectivity index is 1.75. The number of carbonyl (C=O) groups is 2. The zero-order chi connectivity index (χ0) is 24.0. The van der Waals surface area contributed by atoms with Gasteiger partial charge in [0, 0.05) is 20.6 Å². The number of carboxylic acid groups (broad SMARTS) is 1. The molecule has 0 bridgehead atoms. The van der Waals surface area contributed by atoms with Crippen molar-refractivity contribution < 1.29 is 24.2 Å². The number of carbonyl (C=O) groups excluding carboxylic acids is 1. The maximum atomic E-state index is 12.2. The Morgan fingerprint density at radius 3 is 2.76 bits per heavy atom. The highest BCUT2D eigenvalue weighted by molar-refractivity contribution is 5.70. The molecule has 0 aliphatic heterocycles. The predicted molar refractivity (Wildman–Crippen MR) is 121 cm³/mol. The number of aryl methyl sites for hydroxylation is 2. The van der Waals surface area contributed by atoms with Crippen LogP contribution in [0.1, 0.15) is 57.3 Å². The molecule has 10 nitrogen and oxygen atoms in total. The third kappa shape index (κ3) is 6.00. The summed E-state index contributed by atoms with van der Waals surface area (Å²) in [6.45, 7) is 4.66. The quantitative estimate of drug-likeness (QED) is 0.606. The lowest BCUT2D eigenvalue weighted by molar-refractivity contribution is -0.143. The first kappa shape index (κ1) is 24.5. The molecule has 0 spiro atoms. The van der Waals surface area contributed by atoms with Crippen LogP contribution in [0.5, 0.6) is 5.75 Å². The van der Waals surface area contributed by atoms with E-state index in [1.165, 1.54) is 4.90 Å². The van der Waals surface area contributed by atoms with Crippen LogP contribution >= 0.6 is 0 Å². The van der Waals surface area contributed by atoms with Gasteiger partial charge in [-0.05, 0) is 38.5 Å². The molecule has 2 atom stereocenters. The summed E-state index contributed by atoms with van der Waals surface area (Å²) in [4.78, 5) is 34.2. The van der Waals surface area contributed by atoms with E-state index in [0.29, 0.717) is 48.6 Å². The molecule has 0 unspecified atom stereocenters. The van der Waals surface area contributed by atoms with Crippen LogP contribution in [0.15, 0.2) is 12.4 Å². The van der Waals surface area contributed by atoms with E-state index in [9.17, 15) is 14.7 Å². The minimum Gasteiger partial charge on any atom is -0.487 e. The van der Waals surface area contributed by atoms with Crippen LogP contribution in [0, 0.1) is 5.92 Å². The molecule has 1 saturated carbocycles. The monoisotopic (exact) mass is 459 g/mol. The Kier molecular flexibility index (Phi) is 8.24. The predicted octanol–water partition coefficient (Wildman–Crippen LogP) is 3.44. The smallest absolute Gasteiger partial charge is 0.409 e. The molecule has 2 aromatic rings. The third-order valence-electron chi connectivity index (χ3n) is 5.94. The van der Waals surface area contributed by atoms with Crippen molar-refractivity contribution in [3.05, 3.63) is 23.8 Å². The van der Waals surface area contributed by atoms with Gasteiger partial charge in [0.25, 0.3) is 0 Å². The van der Waals surface area contributed by atoms with E-state index >= 15 is 0 Å². The van der Waals surface area contributed by atoms with Crippen LogP contribution in [0.4, 0.5) is 4.79 Å². The van der Waals surface area contributed by atoms with Crippen molar-refractivity contribution in [3.63, 3.8) is 0 Å². The average Bonchev–Trinajstić information content (AvgIpc) is 3.18. The molecule has 0 saturated heterocycles. The number of nitrogens with zero attached hydrogens (tertiary/aromatic N) is 5. The van der Waals surface area contributed by atoms with Gasteiger partial charge in [0.1, 0.15) is 6.61 Å². The van der Waals surface area contributed by atoms with E-state index in [4.69, 9.17) is 14.5 Å². The second-order valence-corrected chi connectivity index (χ2v) is 8.40. The largest absolute Gasteiger partial charge is 0.487 e. The molecule has 2 heterocycles. The number of rotatable bonds is 9. The maximum Gasteiger partial charge on any atom is 0.409 e. The fourth-order valence-corrected chi connectivity index (χ4v) is 4.03. The van der Waals surface area contributed by atoms with Gasteiger partial charge in [-0.15, -0.1) is 0 Å². The van der Waals surface area contributed by atoms with Gasteiger partial charge in [0.05, 0.1) is 41.4 Å². The second kappa shape index (κ2) is 11.1. The fraction of sp³-hybridized carbons (Fsp3) is 0.609. The average molecular weight is 460 g/mol. The molecule has 0 radical (unpaired) electrons. The Bertz CT molecular complexity index is 976. The lowest BCUT2D eigenvalue weighted by Crippen LogP contribution is -2.29. The standard InChI is InChI=1S/C23H33N5O5/c1-5-10-27(3)23(31)32-14-19-17(12-25-28(19)4)21-24-13-20(18(6-2)26-21)33-16-9-7-8-15(11-16)22(29)30/h12-13,15-16H,5-11,14H2,1-4H3,(H,29,30)/t15-,16-/m0/s1. The highest BCUT2D eigenvalue weighted by Crippen LogP contribution is 2.30. The van der Waals surface area contributed by atoms with E-state index in [2.05, 4.69) is 10.1 Å². The summed E-state index contributed by atoms with van der Waals surface area (Å²) in [6.07, 6.45) is 7.05. The summed E-state index contributed by atoms with van der Waals surface area (Å²) in [7, 11) is 3.49. The SMILES string of the molecule is CCCN(C)C(=O)OCc1c(-c2ncc(O[C@H]3CCC[C@H](C(=O)O)C3)c(CC)n2)cnn1C. The van der Waals surface area contributed by atoms with Crippen LogP contribution in [0.3, 0.4) is 0 Å². The summed E-state index contributed by atoms with van der Waals surface area (Å²) >= 11 is 0. The molecule has 1 aliphatic carbocycles. The van der Waals surface area contributed by atoms with E-state index < -0.39 is 12.1 Å². The van der Waals surface area contributed by atoms with Crippen molar-refractivity contribution in [1.29, 1.82) is 0 Å². The van der Waals surface area contributed by atoms with Crippen molar-refractivity contribution >= 4 is 12.1 Å². The zero-order valence-corrected chi connectivity index (χ0v) is 19.8. The fourth-order valence-electron chi connectivity index (χ4n) is 4.03. The normalized spacial score (nSPS) is 18.1. The first-order chi connectivity index (χ1) is 15.8. The number of hydrogen-bond acceptors (Lipinski definition) is 7. The molecular formula is C23H33N5O5. The number of hydrogen-bond donors (Lipinski definition) is 1. The van der Waals surface area contributed by atoms with Gasteiger partial charge in [-0.2, -0.15) is 5.10 Å². The van der Waals surface area contributed by atoms with E-state index in [-0.39, 0.29) is 18.6 Å². The van der Waals surface area contributed by atoms with Crippen molar-refractivity contribution in [2.75, 3.05) is 13.6 Å². The Morgan fingerprint density at radius 2 is 2.06 bits per heavy atom. The molecule has 0 aromatic carbocycles. The number of ether oxygens (including phenoxy) is 2. The number of carboxylic acids is 1. The van der Waals surface area contributed by atoms with Gasteiger partial charge in [-0.1, -0.05) is 13.8 Å². The van der Waals surface area contributed by atoms with Gasteiger partial charge in [-0.25, -0.2) is 14.8 Å². The van der Waals surface area contributed by atoms with Crippen molar-refractivity contribution in [3.8, 4) is 17.1 Å². The molecule has 3 rings (SSSR count). The minimum atomic E-state index is -0.767. The van der Waals surface area contributed by atoms with E-state index in [1.54, 1.807) is 31.2 Å². The molecule has 2 aromatic heterocycles. The number of amides is 1. The Labute approximate surface area is 193 Å². The molecule has 1 aliphatic rings. The van der Waals surface area contributed by atoms with Gasteiger partial charge in [0.2, 0.25) is 0 Å². The summed E-state index contributed by atoms with van der Waals surface area (Å²) in [5, 5.41) is 13.6. The molecule has 10 heteroatoms. The second-order valence-electron chi connectivity index (χ2n) is 8.40. The molecular weight excluding hydrogens is 426 g/mol. The van der Waals surface area contributed by atoms with E-state index in [0.717, 1.165) is 25.0 Å². The third-order valence-corrected chi connectivity index (χ3v) is 5.94. The van der Waals surface area contributed by atoms with Gasteiger partial charge >= 0.3 is 12.1 Å². The minimum absolute atomic E-state index is 0.0560. The van der Waals surface area contributed by atoms with Crippen molar-refractivity contribution in [2.45, 2.75) is 65.1 Å². The Hall–Kier alpha value is -3.17. The summed E-state index contributed by atoms with van der Waals surface area (Å²) in [5.41, 5.74) is 2.13. The van der Waals surface area contributed by atoms with Crippen LogP contribution in [0.25, 0.3) is 11.4 Å². The summed E-state index contributed by atoms with van der Waals surface area (Å²) < 4.78 is 13.2. The highest BCUT2D eigenvalue weighted by Gasteiger charge is 2.29. The summed E-state index contributed by atoms with van der Waals surface area (Å²) in [5.74, 6) is -0.0787. The molecule has 180 valence electrons. The van der Waals surface area contributed by atoms with Crippen LogP contribution in [-0.4, -0.2) is 61.5 Å². The van der Waals surface area contributed by atoms with E-state index in [1.807, 2.05) is 13.8 Å². The maximum absolute atomic E-state index is 12.2.